The highest BCUT2D eigenvalue weighted by Crippen LogP contribution is 2.20. The first-order valence-electron chi connectivity index (χ1n) is 4.24. The van der Waals surface area contributed by atoms with Crippen LogP contribution in [0.3, 0.4) is 0 Å². The van der Waals surface area contributed by atoms with Gasteiger partial charge >= 0.3 is 0 Å². The van der Waals surface area contributed by atoms with Crippen molar-refractivity contribution in [3.63, 3.8) is 0 Å². The molecule has 0 radical (unpaired) electrons. The van der Waals surface area contributed by atoms with Crippen LogP contribution in [0.15, 0.2) is 36.0 Å². The molecule has 1 unspecified atom stereocenters. The number of allylic oxidation sites excluding steroid dienone is 1. The first-order chi connectivity index (χ1) is 6.25. The lowest BCUT2D eigenvalue weighted by Crippen LogP contribution is -2.25. The molecule has 1 aromatic rings. The summed E-state index contributed by atoms with van der Waals surface area (Å²) < 4.78 is 0. The van der Waals surface area contributed by atoms with Crippen LogP contribution < -0.4 is 10.9 Å². The Morgan fingerprint density at radius 2 is 1.92 bits per heavy atom. The topological polar surface area (TPSA) is 44.3 Å². The van der Waals surface area contributed by atoms with Gasteiger partial charge in [-0.25, -0.2) is 5.43 Å². The Balaban J connectivity index is 2.22. The Labute approximate surface area is 77.1 Å². The Morgan fingerprint density at radius 1 is 1.23 bits per heavy atom. The summed E-state index contributed by atoms with van der Waals surface area (Å²) in [7, 11) is 0. The van der Waals surface area contributed by atoms with Gasteiger partial charge in [0, 0.05) is 5.70 Å². The molecule has 68 valence electrons. The number of hydrogen-bond acceptors (Lipinski definition) is 3. The Morgan fingerprint density at radius 3 is 2.46 bits per heavy atom. The van der Waals surface area contributed by atoms with E-state index in [1.54, 1.807) is 12.1 Å². The molecule has 13 heavy (non-hydrogen) atoms. The van der Waals surface area contributed by atoms with E-state index in [0.29, 0.717) is 5.75 Å². The van der Waals surface area contributed by atoms with Crippen LogP contribution in [0.2, 0.25) is 0 Å². The van der Waals surface area contributed by atoms with E-state index >= 15 is 0 Å². The van der Waals surface area contributed by atoms with E-state index in [1.165, 1.54) is 0 Å². The van der Waals surface area contributed by atoms with Gasteiger partial charge in [0.2, 0.25) is 0 Å². The van der Waals surface area contributed by atoms with Crippen LogP contribution in [0.25, 0.3) is 0 Å². The van der Waals surface area contributed by atoms with Gasteiger partial charge in [0.05, 0.1) is 6.04 Å². The molecule has 0 saturated heterocycles. The van der Waals surface area contributed by atoms with Crippen LogP contribution in [0.4, 0.5) is 0 Å². The minimum Gasteiger partial charge on any atom is -0.508 e. The molecule has 3 heteroatoms. The first kappa shape index (κ1) is 8.13. The van der Waals surface area contributed by atoms with E-state index in [4.69, 9.17) is 5.11 Å². The molecular formula is C10H12N2O. The van der Waals surface area contributed by atoms with Crippen molar-refractivity contribution in [2.75, 3.05) is 0 Å². The SMILES string of the molecule is CC1=CC(c2ccc(O)cc2)NN1. The lowest BCUT2D eigenvalue weighted by Gasteiger charge is -2.08. The average molecular weight is 176 g/mol. The maximum Gasteiger partial charge on any atom is 0.115 e. The molecule has 1 aromatic carbocycles. The van der Waals surface area contributed by atoms with E-state index in [1.807, 2.05) is 19.1 Å². The summed E-state index contributed by atoms with van der Waals surface area (Å²) in [4.78, 5) is 0. The fourth-order valence-electron chi connectivity index (χ4n) is 1.39. The van der Waals surface area contributed by atoms with Crippen LogP contribution in [0.1, 0.15) is 18.5 Å². The van der Waals surface area contributed by atoms with Gasteiger partial charge in [-0.3, -0.25) is 0 Å². The Hall–Kier alpha value is -1.48. The van der Waals surface area contributed by atoms with Crippen molar-refractivity contribution in [3.05, 3.63) is 41.6 Å². The smallest absolute Gasteiger partial charge is 0.115 e. The maximum absolute atomic E-state index is 9.10. The molecule has 1 heterocycles. The van der Waals surface area contributed by atoms with Gasteiger partial charge in [-0.05, 0) is 30.7 Å². The summed E-state index contributed by atoms with van der Waals surface area (Å²) >= 11 is 0. The summed E-state index contributed by atoms with van der Waals surface area (Å²) in [5, 5.41) is 9.10. The van der Waals surface area contributed by atoms with Crippen LogP contribution in [0, 0.1) is 0 Å². The van der Waals surface area contributed by atoms with E-state index in [-0.39, 0.29) is 6.04 Å². The van der Waals surface area contributed by atoms with Gasteiger partial charge in [0.25, 0.3) is 0 Å². The summed E-state index contributed by atoms with van der Waals surface area (Å²) in [5.41, 5.74) is 8.41. The number of hydrazine groups is 1. The molecule has 1 aliphatic heterocycles. The number of phenolic OH excluding ortho intramolecular Hbond substituents is 1. The van der Waals surface area contributed by atoms with Crippen molar-refractivity contribution in [1.29, 1.82) is 0 Å². The molecule has 0 amide bonds. The largest absolute Gasteiger partial charge is 0.508 e. The fraction of sp³-hybridized carbons (Fsp3) is 0.200. The van der Waals surface area contributed by atoms with Crippen molar-refractivity contribution >= 4 is 0 Å². The maximum atomic E-state index is 9.10. The van der Waals surface area contributed by atoms with Crippen molar-refractivity contribution in [2.24, 2.45) is 0 Å². The minimum atomic E-state index is 0.209. The first-order valence-corrected chi connectivity index (χ1v) is 4.24. The predicted octanol–water partition coefficient (Wildman–Crippen LogP) is 1.44. The number of rotatable bonds is 1. The Kier molecular flexibility index (Phi) is 1.94. The lowest BCUT2D eigenvalue weighted by molar-refractivity contribution is 0.474. The lowest BCUT2D eigenvalue weighted by atomic mass is 10.1. The van der Waals surface area contributed by atoms with Crippen molar-refractivity contribution < 1.29 is 5.11 Å². The second kappa shape index (κ2) is 3.11. The van der Waals surface area contributed by atoms with Crippen LogP contribution >= 0.6 is 0 Å². The molecule has 1 atom stereocenters. The highest BCUT2D eigenvalue weighted by Gasteiger charge is 2.12. The summed E-state index contributed by atoms with van der Waals surface area (Å²) in [5.74, 6) is 0.301. The molecule has 3 N–H and O–H groups in total. The van der Waals surface area contributed by atoms with Crippen LogP contribution in [0.5, 0.6) is 5.75 Å². The molecule has 0 fully saturated rings. The molecule has 1 aliphatic rings. The highest BCUT2D eigenvalue weighted by molar-refractivity contribution is 5.31. The molecule has 2 rings (SSSR count). The Bertz CT molecular complexity index is 329. The van der Waals surface area contributed by atoms with E-state index < -0.39 is 0 Å². The molecule has 0 saturated carbocycles. The zero-order valence-corrected chi connectivity index (χ0v) is 7.41. The normalized spacial score (nSPS) is 21.0. The van der Waals surface area contributed by atoms with Gasteiger partial charge < -0.3 is 10.5 Å². The average Bonchev–Trinajstić information content (AvgIpc) is 2.53. The van der Waals surface area contributed by atoms with Crippen LogP contribution in [-0.4, -0.2) is 5.11 Å². The van der Waals surface area contributed by atoms with E-state index in [2.05, 4.69) is 16.9 Å². The minimum absolute atomic E-state index is 0.209. The summed E-state index contributed by atoms with van der Waals surface area (Å²) in [6.07, 6.45) is 2.10. The number of nitrogens with one attached hydrogen (secondary N) is 2. The van der Waals surface area contributed by atoms with E-state index in [9.17, 15) is 0 Å². The monoisotopic (exact) mass is 176 g/mol. The fourth-order valence-corrected chi connectivity index (χ4v) is 1.39. The second-order valence-corrected chi connectivity index (χ2v) is 3.19. The van der Waals surface area contributed by atoms with Crippen LogP contribution in [-0.2, 0) is 0 Å². The van der Waals surface area contributed by atoms with Crippen molar-refractivity contribution in [3.8, 4) is 5.75 Å². The molecule has 0 aromatic heterocycles. The predicted molar refractivity (Wildman–Crippen MR) is 50.9 cm³/mol. The van der Waals surface area contributed by atoms with Gasteiger partial charge in [-0.1, -0.05) is 12.1 Å². The van der Waals surface area contributed by atoms with Gasteiger partial charge in [0.15, 0.2) is 0 Å². The third-order valence-electron chi connectivity index (χ3n) is 2.09. The zero-order valence-electron chi connectivity index (χ0n) is 7.41. The third-order valence-corrected chi connectivity index (χ3v) is 2.09. The quantitative estimate of drug-likeness (QED) is 0.606. The van der Waals surface area contributed by atoms with Crippen molar-refractivity contribution in [1.82, 2.24) is 10.9 Å². The standard InChI is InChI=1S/C10H12N2O/c1-7-6-10(12-11-7)8-2-4-9(13)5-3-8/h2-6,10-13H,1H3. The molecule has 0 bridgehead atoms. The summed E-state index contributed by atoms with van der Waals surface area (Å²) in [6, 6.07) is 7.41. The van der Waals surface area contributed by atoms with Gasteiger partial charge in [0.1, 0.15) is 5.75 Å². The highest BCUT2D eigenvalue weighted by atomic mass is 16.3. The molecule has 3 nitrogen and oxygen atoms in total. The third kappa shape index (κ3) is 1.65. The van der Waals surface area contributed by atoms with E-state index in [0.717, 1.165) is 11.3 Å². The van der Waals surface area contributed by atoms with Gasteiger partial charge in [-0.15, -0.1) is 0 Å². The zero-order chi connectivity index (χ0) is 9.26. The summed E-state index contributed by atoms with van der Waals surface area (Å²) in [6.45, 7) is 2.01. The molecule has 0 spiro atoms. The molecule has 0 aliphatic carbocycles. The number of benzene rings is 1. The van der Waals surface area contributed by atoms with Crippen molar-refractivity contribution in [2.45, 2.75) is 13.0 Å². The number of aromatic hydroxyl groups is 1. The number of phenols is 1. The number of hydrogen-bond donors (Lipinski definition) is 3. The second-order valence-electron chi connectivity index (χ2n) is 3.19. The molecular weight excluding hydrogens is 164 g/mol. The van der Waals surface area contributed by atoms with Gasteiger partial charge in [-0.2, -0.15) is 0 Å².